The number of ether oxygens (including phenoxy) is 2. The number of imidazole rings is 1. The van der Waals surface area contributed by atoms with Crippen LogP contribution in [-0.2, 0) is 10.7 Å². The SMILES string of the molecule is COc1cc(-c2cnc3cc(C(F)(F)C=O)ccn23)cc(OC(F)F)c1C. The molecule has 0 saturated carbocycles. The Morgan fingerprint density at radius 3 is 2.56 bits per heavy atom. The predicted molar refractivity (Wildman–Crippen MR) is 88.5 cm³/mol. The number of nitrogens with zero attached hydrogens (tertiary/aromatic N) is 2. The van der Waals surface area contributed by atoms with Gasteiger partial charge in [-0.2, -0.15) is 17.6 Å². The molecule has 2 aromatic heterocycles. The standard InChI is InChI=1S/C18H14F4N2O3/c1-10-14(26-2)5-11(6-15(10)27-17(19)20)13-8-23-16-7-12(3-4-24(13)16)18(21,22)9-25/h3-9,17H,1-2H3. The van der Waals surface area contributed by atoms with E-state index in [2.05, 4.69) is 9.72 Å². The largest absolute Gasteiger partial charge is 0.496 e. The molecule has 9 heteroatoms. The van der Waals surface area contributed by atoms with Crippen molar-refractivity contribution in [3.05, 3.63) is 47.8 Å². The summed E-state index contributed by atoms with van der Waals surface area (Å²) in [5.41, 5.74) is 0.951. The van der Waals surface area contributed by atoms with Crippen LogP contribution in [0.2, 0.25) is 0 Å². The molecule has 0 bridgehead atoms. The first-order valence-corrected chi connectivity index (χ1v) is 7.72. The fourth-order valence-electron chi connectivity index (χ4n) is 2.71. The molecule has 1 aromatic carbocycles. The van der Waals surface area contributed by atoms with Crippen LogP contribution >= 0.6 is 0 Å². The van der Waals surface area contributed by atoms with E-state index in [-0.39, 0.29) is 11.4 Å². The van der Waals surface area contributed by atoms with Gasteiger partial charge in [0.2, 0.25) is 0 Å². The lowest BCUT2D eigenvalue weighted by atomic mass is 10.1. The van der Waals surface area contributed by atoms with E-state index in [1.165, 1.54) is 30.0 Å². The number of hydrogen-bond donors (Lipinski definition) is 0. The highest BCUT2D eigenvalue weighted by molar-refractivity contribution is 5.70. The van der Waals surface area contributed by atoms with Gasteiger partial charge in [-0.3, -0.25) is 9.20 Å². The molecule has 0 aliphatic heterocycles. The van der Waals surface area contributed by atoms with Crippen molar-refractivity contribution in [2.24, 2.45) is 0 Å². The number of pyridine rings is 1. The van der Waals surface area contributed by atoms with Crippen LogP contribution in [0.5, 0.6) is 11.5 Å². The van der Waals surface area contributed by atoms with Crippen LogP contribution in [0.1, 0.15) is 11.1 Å². The quantitative estimate of drug-likeness (QED) is 0.473. The van der Waals surface area contributed by atoms with Crippen LogP contribution in [-0.4, -0.2) is 29.4 Å². The smallest absolute Gasteiger partial charge is 0.387 e. The lowest BCUT2D eigenvalue weighted by molar-refractivity contribution is -0.130. The molecule has 142 valence electrons. The summed E-state index contributed by atoms with van der Waals surface area (Å²) < 4.78 is 63.7. The van der Waals surface area contributed by atoms with E-state index in [0.717, 1.165) is 12.1 Å². The number of aromatic nitrogens is 2. The van der Waals surface area contributed by atoms with E-state index in [1.807, 2.05) is 0 Å². The van der Waals surface area contributed by atoms with Crippen molar-refractivity contribution in [1.29, 1.82) is 0 Å². The topological polar surface area (TPSA) is 52.8 Å². The first-order valence-electron chi connectivity index (χ1n) is 7.72. The van der Waals surface area contributed by atoms with Crippen LogP contribution in [0.15, 0.2) is 36.7 Å². The minimum Gasteiger partial charge on any atom is -0.496 e. The van der Waals surface area contributed by atoms with Crippen molar-refractivity contribution in [3.63, 3.8) is 0 Å². The van der Waals surface area contributed by atoms with Crippen molar-refractivity contribution >= 4 is 11.9 Å². The van der Waals surface area contributed by atoms with Gasteiger partial charge in [-0.25, -0.2) is 4.98 Å². The van der Waals surface area contributed by atoms with Gasteiger partial charge in [0.15, 0.2) is 6.29 Å². The Bertz CT molecular complexity index is 1000. The third-order valence-corrected chi connectivity index (χ3v) is 4.09. The summed E-state index contributed by atoms with van der Waals surface area (Å²) in [5, 5.41) is 0. The van der Waals surface area contributed by atoms with Gasteiger partial charge in [0, 0.05) is 22.9 Å². The van der Waals surface area contributed by atoms with Crippen molar-refractivity contribution in [1.82, 2.24) is 9.38 Å². The second kappa shape index (κ2) is 6.90. The average molecular weight is 382 g/mol. The lowest BCUT2D eigenvalue weighted by Crippen LogP contribution is -2.15. The first kappa shape index (κ1) is 18.7. The Balaban J connectivity index is 2.14. The number of rotatable bonds is 6. The Morgan fingerprint density at radius 2 is 1.93 bits per heavy atom. The van der Waals surface area contributed by atoms with Crippen LogP contribution in [0, 0.1) is 6.92 Å². The highest BCUT2D eigenvalue weighted by Gasteiger charge is 2.31. The summed E-state index contributed by atoms with van der Waals surface area (Å²) in [6.07, 6.45) is 2.28. The number of methoxy groups -OCH3 is 1. The van der Waals surface area contributed by atoms with Gasteiger partial charge >= 0.3 is 12.5 Å². The number of carbonyl (C=O) groups is 1. The van der Waals surface area contributed by atoms with Crippen LogP contribution in [0.25, 0.3) is 16.9 Å². The van der Waals surface area contributed by atoms with Gasteiger partial charge < -0.3 is 9.47 Å². The summed E-state index contributed by atoms with van der Waals surface area (Å²) in [5.74, 6) is -3.38. The molecule has 3 rings (SSSR count). The van der Waals surface area contributed by atoms with E-state index >= 15 is 0 Å². The van der Waals surface area contributed by atoms with E-state index < -0.39 is 24.4 Å². The van der Waals surface area contributed by atoms with Gasteiger partial charge in [0.05, 0.1) is 19.0 Å². The highest BCUT2D eigenvalue weighted by atomic mass is 19.3. The molecule has 0 fully saturated rings. The zero-order valence-corrected chi connectivity index (χ0v) is 14.2. The monoisotopic (exact) mass is 382 g/mol. The second-order valence-electron chi connectivity index (χ2n) is 5.71. The summed E-state index contributed by atoms with van der Waals surface area (Å²) in [4.78, 5) is 14.6. The fourth-order valence-corrected chi connectivity index (χ4v) is 2.71. The maximum atomic E-state index is 13.6. The van der Waals surface area contributed by atoms with Crippen molar-refractivity contribution < 1.29 is 31.8 Å². The Morgan fingerprint density at radius 1 is 1.22 bits per heavy atom. The van der Waals surface area contributed by atoms with Crippen LogP contribution in [0.4, 0.5) is 17.6 Å². The molecule has 3 aromatic rings. The van der Waals surface area contributed by atoms with E-state index in [4.69, 9.17) is 4.74 Å². The molecule has 27 heavy (non-hydrogen) atoms. The Labute approximate surface area is 151 Å². The highest BCUT2D eigenvalue weighted by Crippen LogP contribution is 2.36. The second-order valence-corrected chi connectivity index (χ2v) is 5.71. The summed E-state index contributed by atoms with van der Waals surface area (Å²) >= 11 is 0. The molecule has 0 amide bonds. The molecule has 0 aliphatic rings. The minimum atomic E-state index is -3.63. The number of alkyl halides is 4. The first-order chi connectivity index (χ1) is 12.8. The van der Waals surface area contributed by atoms with Gasteiger partial charge in [-0.1, -0.05) is 0 Å². The van der Waals surface area contributed by atoms with Crippen molar-refractivity contribution in [2.45, 2.75) is 19.5 Å². The molecule has 2 heterocycles. The molecular weight excluding hydrogens is 368 g/mol. The van der Waals surface area contributed by atoms with Crippen LogP contribution < -0.4 is 9.47 Å². The van der Waals surface area contributed by atoms with E-state index in [1.54, 1.807) is 13.0 Å². The molecule has 5 nitrogen and oxygen atoms in total. The van der Waals surface area contributed by atoms with Crippen LogP contribution in [0.3, 0.4) is 0 Å². The molecular formula is C18H14F4N2O3. The third kappa shape index (κ3) is 3.44. The molecule has 0 atom stereocenters. The number of aldehydes is 1. The van der Waals surface area contributed by atoms with Crippen molar-refractivity contribution in [2.75, 3.05) is 7.11 Å². The number of carbonyl (C=O) groups excluding carboxylic acids is 1. The Hall–Kier alpha value is -3.10. The maximum Gasteiger partial charge on any atom is 0.387 e. The van der Waals surface area contributed by atoms with Crippen molar-refractivity contribution in [3.8, 4) is 22.8 Å². The number of fused-ring (bicyclic) bond motifs is 1. The van der Waals surface area contributed by atoms with Gasteiger partial charge in [-0.15, -0.1) is 0 Å². The molecule has 0 spiro atoms. The average Bonchev–Trinajstić information content (AvgIpc) is 3.06. The summed E-state index contributed by atoms with van der Waals surface area (Å²) in [6, 6.07) is 5.17. The maximum absolute atomic E-state index is 13.6. The van der Waals surface area contributed by atoms with E-state index in [0.29, 0.717) is 22.6 Å². The molecule has 0 N–H and O–H groups in total. The fraction of sp³-hybridized carbons (Fsp3) is 0.222. The minimum absolute atomic E-state index is 0.0709. The number of hydrogen-bond acceptors (Lipinski definition) is 4. The van der Waals surface area contributed by atoms with Gasteiger partial charge in [-0.05, 0) is 31.2 Å². The van der Waals surface area contributed by atoms with E-state index in [9.17, 15) is 22.4 Å². The lowest BCUT2D eigenvalue weighted by Gasteiger charge is -2.14. The zero-order valence-electron chi connectivity index (χ0n) is 14.2. The third-order valence-electron chi connectivity index (χ3n) is 4.09. The molecule has 0 aliphatic carbocycles. The number of benzene rings is 1. The molecule has 0 radical (unpaired) electrons. The zero-order chi connectivity index (χ0) is 19.8. The Kier molecular flexibility index (Phi) is 4.77. The summed E-state index contributed by atoms with van der Waals surface area (Å²) in [6.45, 7) is -1.44. The predicted octanol–water partition coefficient (Wildman–Crippen LogP) is 4.21. The van der Waals surface area contributed by atoms with Gasteiger partial charge in [0.1, 0.15) is 17.1 Å². The summed E-state index contributed by atoms with van der Waals surface area (Å²) in [7, 11) is 1.39. The molecule has 0 saturated heterocycles. The molecule has 0 unspecified atom stereocenters. The number of halogens is 4. The normalized spacial score (nSPS) is 11.8. The van der Waals surface area contributed by atoms with Gasteiger partial charge in [0.25, 0.3) is 0 Å².